The first-order valence-electron chi connectivity index (χ1n) is 10.1. The maximum atomic E-state index is 12.5. The van der Waals surface area contributed by atoms with E-state index in [1.165, 1.54) is 28.3 Å². The fraction of sp³-hybridized carbons (Fsp3) is 0.167. The molecule has 0 bridgehead atoms. The first-order chi connectivity index (χ1) is 16.1. The smallest absolute Gasteiger partial charge is 0.254 e. The van der Waals surface area contributed by atoms with E-state index in [-0.39, 0.29) is 24.6 Å². The van der Waals surface area contributed by atoms with Gasteiger partial charge in [0.2, 0.25) is 5.91 Å². The van der Waals surface area contributed by atoms with Gasteiger partial charge in [-0.1, -0.05) is 0 Å². The molecule has 0 fully saturated rings. The Morgan fingerprint density at radius 2 is 1.64 bits per heavy atom. The zero-order valence-corrected chi connectivity index (χ0v) is 19.0. The van der Waals surface area contributed by atoms with Crippen LogP contribution >= 0.6 is 11.3 Å². The van der Waals surface area contributed by atoms with Crippen molar-refractivity contribution >= 4 is 17.2 Å². The molecule has 1 N–H and O–H groups in total. The Bertz CT molecular complexity index is 1300. The van der Waals surface area contributed by atoms with Crippen molar-refractivity contribution in [2.45, 2.75) is 13.1 Å². The second-order valence-corrected chi connectivity index (χ2v) is 7.98. The SMILES string of the molecule is COc1ccc(-c2cc(=O)n(CC(=O)NCc3csc(-c4ccc(OC)cc4)n3)cn2)cc1. The van der Waals surface area contributed by atoms with Gasteiger partial charge in [0.1, 0.15) is 23.1 Å². The normalized spacial score (nSPS) is 10.6. The summed E-state index contributed by atoms with van der Waals surface area (Å²) in [6.07, 6.45) is 1.38. The van der Waals surface area contributed by atoms with Gasteiger partial charge in [0, 0.05) is 22.6 Å². The van der Waals surface area contributed by atoms with Gasteiger partial charge in [0.15, 0.2) is 0 Å². The largest absolute Gasteiger partial charge is 0.497 e. The van der Waals surface area contributed by atoms with Crippen molar-refractivity contribution in [1.29, 1.82) is 0 Å². The molecular weight excluding hydrogens is 440 g/mol. The molecule has 9 heteroatoms. The van der Waals surface area contributed by atoms with Gasteiger partial charge in [-0.2, -0.15) is 0 Å². The van der Waals surface area contributed by atoms with Gasteiger partial charge in [-0.15, -0.1) is 11.3 Å². The lowest BCUT2D eigenvalue weighted by Gasteiger charge is -2.08. The van der Waals surface area contributed by atoms with E-state index in [0.717, 1.165) is 33.3 Å². The van der Waals surface area contributed by atoms with Crippen molar-refractivity contribution in [3.05, 3.63) is 82.4 Å². The number of rotatable bonds is 8. The van der Waals surface area contributed by atoms with E-state index in [1.807, 2.05) is 41.8 Å². The molecule has 4 rings (SSSR count). The molecule has 1 amide bonds. The molecule has 0 atom stereocenters. The summed E-state index contributed by atoms with van der Waals surface area (Å²) in [7, 11) is 3.21. The number of ether oxygens (including phenoxy) is 2. The van der Waals surface area contributed by atoms with E-state index < -0.39 is 0 Å². The number of amides is 1. The lowest BCUT2D eigenvalue weighted by Crippen LogP contribution is -2.32. The Hall–Kier alpha value is -3.98. The minimum absolute atomic E-state index is 0.121. The van der Waals surface area contributed by atoms with Crippen LogP contribution in [0.4, 0.5) is 0 Å². The molecule has 2 aromatic carbocycles. The summed E-state index contributed by atoms with van der Waals surface area (Å²) < 4.78 is 11.6. The first kappa shape index (κ1) is 22.2. The number of hydrogen-bond donors (Lipinski definition) is 1. The molecule has 0 spiro atoms. The van der Waals surface area contributed by atoms with Crippen molar-refractivity contribution in [3.8, 4) is 33.3 Å². The minimum Gasteiger partial charge on any atom is -0.497 e. The fourth-order valence-electron chi connectivity index (χ4n) is 3.12. The second kappa shape index (κ2) is 10.1. The third kappa shape index (κ3) is 5.45. The van der Waals surface area contributed by atoms with Crippen LogP contribution in [0.2, 0.25) is 0 Å². The predicted octanol–water partition coefficient (Wildman–Crippen LogP) is 3.37. The van der Waals surface area contributed by atoms with Gasteiger partial charge in [-0.05, 0) is 48.5 Å². The Morgan fingerprint density at radius 3 is 2.24 bits per heavy atom. The van der Waals surface area contributed by atoms with Crippen LogP contribution in [0.3, 0.4) is 0 Å². The van der Waals surface area contributed by atoms with Gasteiger partial charge < -0.3 is 14.8 Å². The standard InChI is InChI=1S/C24H22N4O4S/c1-31-19-7-3-16(4-8-19)21-11-23(30)28(15-26-21)13-22(29)25-12-18-14-33-24(27-18)17-5-9-20(32-2)10-6-17/h3-11,14-15H,12-13H2,1-2H3,(H,25,29). The third-order valence-corrected chi connectivity index (χ3v) is 5.87. The number of nitrogens with one attached hydrogen (secondary N) is 1. The van der Waals surface area contributed by atoms with E-state index in [1.54, 1.807) is 26.4 Å². The second-order valence-electron chi connectivity index (χ2n) is 7.12. The molecule has 2 heterocycles. The maximum absolute atomic E-state index is 12.5. The van der Waals surface area contributed by atoms with Crippen LogP contribution in [0.5, 0.6) is 11.5 Å². The van der Waals surface area contributed by atoms with Gasteiger partial charge in [-0.3, -0.25) is 14.2 Å². The molecule has 0 aliphatic rings. The summed E-state index contributed by atoms with van der Waals surface area (Å²) in [6.45, 7) is 0.155. The van der Waals surface area contributed by atoms with Crippen LogP contribution in [0.1, 0.15) is 5.69 Å². The molecule has 8 nitrogen and oxygen atoms in total. The summed E-state index contributed by atoms with van der Waals surface area (Å²) in [5, 5.41) is 5.56. The highest BCUT2D eigenvalue weighted by Crippen LogP contribution is 2.25. The molecule has 0 aliphatic heterocycles. The van der Waals surface area contributed by atoms with E-state index in [4.69, 9.17) is 9.47 Å². The number of carbonyl (C=O) groups is 1. The van der Waals surface area contributed by atoms with Crippen molar-refractivity contribution in [2.24, 2.45) is 0 Å². The molecule has 33 heavy (non-hydrogen) atoms. The number of hydrogen-bond acceptors (Lipinski definition) is 7. The average Bonchev–Trinajstić information content (AvgIpc) is 3.33. The molecule has 168 valence electrons. The molecule has 0 aliphatic carbocycles. The molecular formula is C24H22N4O4S. The topological polar surface area (TPSA) is 95.3 Å². The number of methoxy groups -OCH3 is 2. The summed E-state index contributed by atoms with van der Waals surface area (Å²) >= 11 is 1.50. The van der Waals surface area contributed by atoms with Crippen LogP contribution in [-0.2, 0) is 17.9 Å². The zero-order valence-electron chi connectivity index (χ0n) is 18.1. The van der Waals surface area contributed by atoms with Gasteiger partial charge in [-0.25, -0.2) is 9.97 Å². The average molecular weight is 463 g/mol. The minimum atomic E-state index is -0.304. The molecule has 0 saturated carbocycles. The van der Waals surface area contributed by atoms with Crippen molar-refractivity contribution in [1.82, 2.24) is 19.9 Å². The highest BCUT2D eigenvalue weighted by atomic mass is 32.1. The molecule has 4 aromatic rings. The number of thiazole rings is 1. The van der Waals surface area contributed by atoms with Gasteiger partial charge in [0.25, 0.3) is 5.56 Å². The lowest BCUT2D eigenvalue weighted by atomic mass is 10.1. The summed E-state index contributed by atoms with van der Waals surface area (Å²) in [5.41, 5.74) is 2.75. The third-order valence-electron chi connectivity index (χ3n) is 4.93. The van der Waals surface area contributed by atoms with Crippen LogP contribution in [0.25, 0.3) is 21.8 Å². The predicted molar refractivity (Wildman–Crippen MR) is 126 cm³/mol. The number of aromatic nitrogens is 3. The highest BCUT2D eigenvalue weighted by Gasteiger charge is 2.10. The highest BCUT2D eigenvalue weighted by molar-refractivity contribution is 7.13. The zero-order chi connectivity index (χ0) is 23.2. The Morgan fingerprint density at radius 1 is 1.00 bits per heavy atom. The van der Waals surface area contributed by atoms with E-state index in [0.29, 0.717) is 5.69 Å². The van der Waals surface area contributed by atoms with Crippen LogP contribution in [0, 0.1) is 0 Å². The summed E-state index contributed by atoms with van der Waals surface area (Å²) in [4.78, 5) is 33.7. The van der Waals surface area contributed by atoms with E-state index >= 15 is 0 Å². The Kier molecular flexibility index (Phi) is 6.80. The Labute approximate surface area is 194 Å². The summed E-state index contributed by atoms with van der Waals surface area (Å²) in [6, 6.07) is 16.3. The van der Waals surface area contributed by atoms with Crippen LogP contribution < -0.4 is 20.3 Å². The van der Waals surface area contributed by atoms with Crippen LogP contribution in [-0.4, -0.2) is 34.7 Å². The van der Waals surface area contributed by atoms with Crippen molar-refractivity contribution in [3.63, 3.8) is 0 Å². The van der Waals surface area contributed by atoms with E-state index in [9.17, 15) is 9.59 Å². The van der Waals surface area contributed by atoms with Crippen molar-refractivity contribution < 1.29 is 14.3 Å². The molecule has 0 radical (unpaired) electrons. The first-order valence-corrected chi connectivity index (χ1v) is 11.0. The lowest BCUT2D eigenvalue weighted by molar-refractivity contribution is -0.121. The molecule has 0 saturated heterocycles. The van der Waals surface area contributed by atoms with E-state index in [2.05, 4.69) is 15.3 Å². The van der Waals surface area contributed by atoms with Crippen molar-refractivity contribution in [2.75, 3.05) is 14.2 Å². The number of nitrogens with zero attached hydrogens (tertiary/aromatic N) is 3. The maximum Gasteiger partial charge on any atom is 0.254 e. The van der Waals surface area contributed by atoms with Gasteiger partial charge in [0.05, 0.1) is 38.5 Å². The van der Waals surface area contributed by atoms with Crippen LogP contribution in [0.15, 0.2) is 71.1 Å². The number of carbonyl (C=O) groups excluding carboxylic acids is 1. The monoisotopic (exact) mass is 462 g/mol. The Balaban J connectivity index is 1.35. The fourth-order valence-corrected chi connectivity index (χ4v) is 3.94. The molecule has 0 unspecified atom stereocenters. The molecule has 2 aromatic heterocycles. The number of benzene rings is 2. The summed E-state index contributed by atoms with van der Waals surface area (Å²) in [5.74, 6) is 1.21. The van der Waals surface area contributed by atoms with Gasteiger partial charge >= 0.3 is 0 Å². The quantitative estimate of drug-likeness (QED) is 0.431.